The van der Waals surface area contributed by atoms with E-state index in [0.29, 0.717) is 0 Å². The number of carbonyl (C=O) groups excluding carboxylic acids is 1. The Morgan fingerprint density at radius 1 is 1.42 bits per heavy atom. The Hall–Kier alpha value is -1.88. The summed E-state index contributed by atoms with van der Waals surface area (Å²) in [6.45, 7) is 1.99. The molecule has 2 N–H and O–H groups in total. The molecule has 1 fully saturated rings. The highest BCUT2D eigenvalue weighted by Crippen LogP contribution is 2.48. The van der Waals surface area contributed by atoms with Crippen molar-refractivity contribution < 1.29 is 4.79 Å². The van der Waals surface area contributed by atoms with Crippen molar-refractivity contribution in [1.29, 1.82) is 0 Å². The summed E-state index contributed by atoms with van der Waals surface area (Å²) in [7, 11) is 3.71. The van der Waals surface area contributed by atoms with Crippen molar-refractivity contribution in [1.82, 2.24) is 20.4 Å². The Balaban J connectivity index is 2.04. The van der Waals surface area contributed by atoms with Crippen molar-refractivity contribution in [3.05, 3.63) is 29.6 Å². The second-order valence-electron chi connectivity index (χ2n) is 5.21. The van der Waals surface area contributed by atoms with Gasteiger partial charge in [-0.25, -0.2) is 10.4 Å². The second-order valence-corrected chi connectivity index (χ2v) is 5.21. The van der Waals surface area contributed by atoms with Crippen molar-refractivity contribution in [2.45, 2.75) is 25.2 Å². The highest BCUT2D eigenvalue weighted by atomic mass is 16.2. The van der Waals surface area contributed by atoms with Crippen molar-refractivity contribution in [2.75, 3.05) is 7.05 Å². The molecule has 0 aliphatic heterocycles. The van der Waals surface area contributed by atoms with E-state index in [1.165, 1.54) is 0 Å². The second kappa shape index (κ2) is 4.06. The van der Waals surface area contributed by atoms with Crippen LogP contribution in [0.25, 0.3) is 11.0 Å². The molecule has 2 aromatic rings. The highest BCUT2D eigenvalue weighted by Gasteiger charge is 2.51. The first kappa shape index (κ1) is 12.2. The molecule has 100 valence electrons. The Kier molecular flexibility index (Phi) is 2.60. The summed E-state index contributed by atoms with van der Waals surface area (Å²) < 4.78 is 2.06. The van der Waals surface area contributed by atoms with Gasteiger partial charge in [-0.05, 0) is 37.5 Å². The van der Waals surface area contributed by atoms with E-state index in [9.17, 15) is 4.79 Å². The molecule has 0 spiro atoms. The molecule has 3 rings (SSSR count). The molecule has 0 saturated heterocycles. The quantitative estimate of drug-likeness (QED) is 0.812. The number of benzene rings is 1. The molecule has 0 atom stereocenters. The Bertz CT molecular complexity index is 655. The predicted octanol–water partition coefficient (Wildman–Crippen LogP) is 1.16. The van der Waals surface area contributed by atoms with Gasteiger partial charge in [0.25, 0.3) is 0 Å². The first-order chi connectivity index (χ1) is 9.08. The predicted molar refractivity (Wildman–Crippen MR) is 73.6 cm³/mol. The monoisotopic (exact) mass is 258 g/mol. The fourth-order valence-electron chi connectivity index (χ4n) is 2.62. The summed E-state index contributed by atoms with van der Waals surface area (Å²) in [5.41, 5.74) is 8.18. The van der Waals surface area contributed by atoms with Gasteiger partial charge in [-0.15, -0.1) is 0 Å². The van der Waals surface area contributed by atoms with E-state index in [1.807, 2.05) is 26.1 Å². The van der Waals surface area contributed by atoms with Crippen LogP contribution in [0.3, 0.4) is 0 Å². The first-order valence-electron chi connectivity index (χ1n) is 6.49. The van der Waals surface area contributed by atoms with E-state index in [-0.39, 0.29) is 11.3 Å². The summed E-state index contributed by atoms with van der Waals surface area (Å²) in [6, 6.07) is 6.15. The molecule has 1 aliphatic rings. The van der Waals surface area contributed by atoms with E-state index >= 15 is 0 Å². The van der Waals surface area contributed by atoms with Crippen molar-refractivity contribution >= 4 is 16.9 Å². The maximum atomic E-state index is 12.1. The number of nitrogens with zero attached hydrogens (tertiary/aromatic N) is 2. The van der Waals surface area contributed by atoms with Gasteiger partial charge in [0, 0.05) is 14.1 Å². The summed E-state index contributed by atoms with van der Waals surface area (Å²) in [6.07, 6.45) is 1.80. The number of aryl methyl sites for hydroxylation is 2. The maximum Gasteiger partial charge on any atom is 0.244 e. The molecule has 1 saturated carbocycles. The van der Waals surface area contributed by atoms with Crippen LogP contribution < -0.4 is 10.9 Å². The first-order valence-corrected chi connectivity index (χ1v) is 6.49. The molecule has 1 aromatic carbocycles. The molecule has 5 heteroatoms. The van der Waals surface area contributed by atoms with Gasteiger partial charge in [0.05, 0.1) is 16.4 Å². The van der Waals surface area contributed by atoms with E-state index in [4.69, 9.17) is 0 Å². The van der Waals surface area contributed by atoms with Gasteiger partial charge in [0.15, 0.2) is 0 Å². The fraction of sp³-hybridized carbons (Fsp3) is 0.429. The number of rotatable bonds is 3. The van der Waals surface area contributed by atoms with Crippen LogP contribution in [-0.2, 0) is 17.3 Å². The number of amides is 1. The van der Waals surface area contributed by atoms with E-state index in [2.05, 4.69) is 26.5 Å². The van der Waals surface area contributed by atoms with Crippen LogP contribution in [0.1, 0.15) is 24.2 Å². The number of hydrazine groups is 1. The van der Waals surface area contributed by atoms with Gasteiger partial charge in [-0.1, -0.05) is 6.07 Å². The molecule has 0 bridgehead atoms. The van der Waals surface area contributed by atoms with Crippen LogP contribution in [0.5, 0.6) is 0 Å². The molecule has 19 heavy (non-hydrogen) atoms. The zero-order valence-electron chi connectivity index (χ0n) is 11.4. The van der Waals surface area contributed by atoms with Crippen LogP contribution in [0.15, 0.2) is 18.2 Å². The fourth-order valence-corrected chi connectivity index (χ4v) is 2.62. The molecule has 1 aliphatic carbocycles. The van der Waals surface area contributed by atoms with Gasteiger partial charge < -0.3 is 4.57 Å². The minimum Gasteiger partial charge on any atom is -0.331 e. The third kappa shape index (κ3) is 1.73. The number of hydrogen-bond acceptors (Lipinski definition) is 3. The third-order valence-corrected chi connectivity index (χ3v) is 4.08. The Labute approximate surface area is 112 Å². The van der Waals surface area contributed by atoms with Crippen molar-refractivity contribution in [3.63, 3.8) is 0 Å². The van der Waals surface area contributed by atoms with Crippen LogP contribution in [0.2, 0.25) is 0 Å². The molecule has 0 unspecified atom stereocenters. The van der Waals surface area contributed by atoms with E-state index in [0.717, 1.165) is 35.3 Å². The van der Waals surface area contributed by atoms with Crippen molar-refractivity contribution in [2.24, 2.45) is 7.05 Å². The SMILES string of the molecule is CNNC(=O)C1(c2ccc3c(c2)nc(C)n3C)CC1. The number of hydrogen-bond donors (Lipinski definition) is 2. The molecule has 5 nitrogen and oxygen atoms in total. The number of imidazole rings is 1. The summed E-state index contributed by atoms with van der Waals surface area (Å²) in [4.78, 5) is 16.7. The molecule has 0 radical (unpaired) electrons. The minimum atomic E-state index is -0.359. The molecular weight excluding hydrogens is 240 g/mol. The summed E-state index contributed by atoms with van der Waals surface area (Å²) in [5.74, 6) is 1.03. The number of aromatic nitrogens is 2. The summed E-state index contributed by atoms with van der Waals surface area (Å²) >= 11 is 0. The molecule has 1 aromatic heterocycles. The van der Waals surface area contributed by atoms with Crippen LogP contribution >= 0.6 is 0 Å². The standard InChI is InChI=1S/C14H18N4O/c1-9-16-11-8-10(4-5-12(11)18(9)3)14(6-7-14)13(19)17-15-2/h4-5,8,15H,6-7H2,1-3H3,(H,17,19). The lowest BCUT2D eigenvalue weighted by atomic mass is 9.95. The maximum absolute atomic E-state index is 12.1. The third-order valence-electron chi connectivity index (χ3n) is 4.08. The average Bonchev–Trinajstić information content (AvgIpc) is 3.15. The highest BCUT2D eigenvalue weighted by molar-refractivity contribution is 5.92. The van der Waals surface area contributed by atoms with Gasteiger partial charge in [-0.2, -0.15) is 0 Å². The van der Waals surface area contributed by atoms with Crippen LogP contribution in [-0.4, -0.2) is 22.5 Å². The molecule has 1 heterocycles. The molecule has 1 amide bonds. The van der Waals surface area contributed by atoms with Gasteiger partial charge in [0.2, 0.25) is 5.91 Å². The van der Waals surface area contributed by atoms with Crippen LogP contribution in [0.4, 0.5) is 0 Å². The smallest absolute Gasteiger partial charge is 0.244 e. The number of fused-ring (bicyclic) bond motifs is 1. The topological polar surface area (TPSA) is 58.9 Å². The van der Waals surface area contributed by atoms with Crippen LogP contribution in [0, 0.1) is 6.92 Å². The van der Waals surface area contributed by atoms with Gasteiger partial charge in [-0.3, -0.25) is 10.2 Å². The zero-order valence-corrected chi connectivity index (χ0v) is 11.4. The Morgan fingerprint density at radius 2 is 2.16 bits per heavy atom. The Morgan fingerprint density at radius 3 is 2.79 bits per heavy atom. The largest absolute Gasteiger partial charge is 0.331 e. The average molecular weight is 258 g/mol. The van der Waals surface area contributed by atoms with Crippen molar-refractivity contribution in [3.8, 4) is 0 Å². The van der Waals surface area contributed by atoms with E-state index in [1.54, 1.807) is 7.05 Å². The minimum absolute atomic E-state index is 0.0435. The lowest BCUT2D eigenvalue weighted by molar-refractivity contribution is -0.124. The zero-order chi connectivity index (χ0) is 13.6. The number of carbonyl (C=O) groups is 1. The van der Waals surface area contributed by atoms with E-state index < -0.39 is 0 Å². The lowest BCUT2D eigenvalue weighted by Crippen LogP contribution is -2.41. The normalized spacial score (nSPS) is 16.6. The molecular formula is C14H18N4O. The lowest BCUT2D eigenvalue weighted by Gasteiger charge is -2.15. The summed E-state index contributed by atoms with van der Waals surface area (Å²) in [5, 5.41) is 0. The number of nitrogens with one attached hydrogen (secondary N) is 2. The van der Waals surface area contributed by atoms with Gasteiger partial charge >= 0.3 is 0 Å². The van der Waals surface area contributed by atoms with Gasteiger partial charge in [0.1, 0.15) is 5.82 Å².